The highest BCUT2D eigenvalue weighted by Gasteiger charge is 2.17. The van der Waals surface area contributed by atoms with E-state index >= 15 is 0 Å². The number of ether oxygens (including phenoxy) is 3. The molecule has 116 valence electrons. The van der Waals surface area contributed by atoms with E-state index in [-0.39, 0.29) is 5.69 Å². The number of hydrogen-bond donors (Lipinski definition) is 2. The summed E-state index contributed by atoms with van der Waals surface area (Å²) in [6.07, 6.45) is 0. The van der Waals surface area contributed by atoms with Crippen LogP contribution in [0.2, 0.25) is 0 Å². The first-order chi connectivity index (χ1) is 10.6. The third-order valence-corrected chi connectivity index (χ3v) is 2.87. The Labute approximate surface area is 126 Å². The number of benzene rings is 1. The Bertz CT molecular complexity index is 696. The maximum atomic E-state index is 12.2. The number of aromatic amines is 1. The zero-order chi connectivity index (χ0) is 16.1. The Kier molecular flexibility index (Phi) is 4.62. The molecule has 0 fully saturated rings. The van der Waals surface area contributed by atoms with Crippen LogP contribution in [0.4, 0.5) is 5.69 Å². The van der Waals surface area contributed by atoms with E-state index in [2.05, 4.69) is 15.5 Å². The smallest absolute Gasteiger partial charge is 0.276 e. The summed E-state index contributed by atoms with van der Waals surface area (Å²) in [4.78, 5) is 23.1. The summed E-state index contributed by atoms with van der Waals surface area (Å²) in [5, 5.41) is 8.50. The minimum absolute atomic E-state index is 0.0551. The predicted octanol–water partition coefficient (Wildman–Crippen LogP) is 1.05. The van der Waals surface area contributed by atoms with E-state index in [1.54, 1.807) is 12.1 Å². The maximum absolute atomic E-state index is 12.2. The fourth-order valence-electron chi connectivity index (χ4n) is 1.78. The molecule has 1 heterocycles. The van der Waals surface area contributed by atoms with E-state index in [9.17, 15) is 9.59 Å². The highest BCUT2D eigenvalue weighted by molar-refractivity contribution is 6.04. The van der Waals surface area contributed by atoms with Crippen molar-refractivity contribution in [3.63, 3.8) is 0 Å². The van der Waals surface area contributed by atoms with Gasteiger partial charge in [0, 0.05) is 18.2 Å². The number of anilines is 1. The summed E-state index contributed by atoms with van der Waals surface area (Å²) in [6, 6.07) is 5.75. The van der Waals surface area contributed by atoms with Gasteiger partial charge in [0.2, 0.25) is 0 Å². The molecule has 1 aromatic carbocycles. The van der Waals surface area contributed by atoms with Crippen molar-refractivity contribution >= 4 is 11.6 Å². The molecule has 2 N–H and O–H groups in total. The van der Waals surface area contributed by atoms with Gasteiger partial charge in [-0.2, -0.15) is 5.10 Å². The van der Waals surface area contributed by atoms with Crippen molar-refractivity contribution in [3.05, 3.63) is 40.3 Å². The lowest BCUT2D eigenvalue weighted by atomic mass is 10.2. The van der Waals surface area contributed by atoms with Gasteiger partial charge >= 0.3 is 0 Å². The van der Waals surface area contributed by atoms with Crippen molar-refractivity contribution in [2.24, 2.45) is 0 Å². The number of nitrogens with one attached hydrogen (secondary N) is 2. The Hall–Kier alpha value is -3.03. The van der Waals surface area contributed by atoms with Gasteiger partial charge in [0.1, 0.15) is 28.6 Å². The lowest BCUT2D eigenvalue weighted by Crippen LogP contribution is -2.18. The molecule has 1 amide bonds. The van der Waals surface area contributed by atoms with E-state index in [4.69, 9.17) is 14.2 Å². The molecular weight excluding hydrogens is 290 g/mol. The lowest BCUT2D eigenvalue weighted by Gasteiger charge is -2.15. The van der Waals surface area contributed by atoms with Crippen molar-refractivity contribution in [2.45, 2.75) is 0 Å². The molecule has 0 bridgehead atoms. The van der Waals surface area contributed by atoms with Crippen LogP contribution in [0.3, 0.4) is 0 Å². The quantitative estimate of drug-likeness (QED) is 0.856. The standard InChI is InChI=1S/C14H15N3O5/c1-20-8-6-10(21-2)13(11(7-8)22-3)15-14(19)9-4-5-12(18)17-16-9/h4-7H,1-3H3,(H,15,19)(H,17,18). The fourth-order valence-corrected chi connectivity index (χ4v) is 1.78. The molecule has 0 aliphatic heterocycles. The van der Waals surface area contributed by atoms with Crippen molar-refractivity contribution in [2.75, 3.05) is 26.6 Å². The summed E-state index contributed by atoms with van der Waals surface area (Å²) in [5.41, 5.74) is -0.000479. The highest BCUT2D eigenvalue weighted by Crippen LogP contribution is 2.38. The molecule has 0 aliphatic rings. The second-order valence-corrected chi connectivity index (χ2v) is 4.17. The number of methoxy groups -OCH3 is 3. The molecule has 22 heavy (non-hydrogen) atoms. The van der Waals surface area contributed by atoms with Crippen molar-refractivity contribution < 1.29 is 19.0 Å². The zero-order valence-corrected chi connectivity index (χ0v) is 12.3. The third-order valence-electron chi connectivity index (χ3n) is 2.87. The second-order valence-electron chi connectivity index (χ2n) is 4.17. The average molecular weight is 305 g/mol. The molecule has 1 aromatic heterocycles. The molecule has 0 saturated carbocycles. The minimum Gasteiger partial charge on any atom is -0.496 e. The Morgan fingerprint density at radius 2 is 1.73 bits per heavy atom. The van der Waals surface area contributed by atoms with Gasteiger partial charge < -0.3 is 19.5 Å². The first kappa shape index (κ1) is 15.4. The fraction of sp³-hybridized carbons (Fsp3) is 0.214. The van der Waals surface area contributed by atoms with Gasteiger partial charge in [-0.1, -0.05) is 0 Å². The Balaban J connectivity index is 2.37. The maximum Gasteiger partial charge on any atom is 0.276 e. The molecule has 8 nitrogen and oxygen atoms in total. The van der Waals surface area contributed by atoms with Crippen LogP contribution in [0.5, 0.6) is 17.2 Å². The van der Waals surface area contributed by atoms with E-state index < -0.39 is 11.5 Å². The molecule has 0 atom stereocenters. The van der Waals surface area contributed by atoms with Crippen LogP contribution in [0.25, 0.3) is 0 Å². The number of carbonyl (C=O) groups is 1. The summed E-state index contributed by atoms with van der Waals surface area (Å²) in [6.45, 7) is 0. The first-order valence-electron chi connectivity index (χ1n) is 6.26. The molecule has 2 aromatic rings. The number of aromatic nitrogens is 2. The van der Waals surface area contributed by atoms with Crippen molar-refractivity contribution in [1.29, 1.82) is 0 Å². The van der Waals surface area contributed by atoms with E-state index in [0.717, 1.165) is 0 Å². The van der Waals surface area contributed by atoms with Crippen LogP contribution in [-0.4, -0.2) is 37.4 Å². The number of amides is 1. The van der Waals surface area contributed by atoms with Gasteiger partial charge in [-0.15, -0.1) is 0 Å². The number of nitrogens with zero attached hydrogens (tertiary/aromatic N) is 1. The Morgan fingerprint density at radius 3 is 2.18 bits per heavy atom. The van der Waals surface area contributed by atoms with Gasteiger partial charge in [-0.05, 0) is 6.07 Å². The van der Waals surface area contributed by atoms with Gasteiger partial charge in [-0.25, -0.2) is 5.10 Å². The Morgan fingerprint density at radius 1 is 1.09 bits per heavy atom. The predicted molar refractivity (Wildman–Crippen MR) is 78.9 cm³/mol. The third kappa shape index (κ3) is 3.17. The van der Waals surface area contributed by atoms with E-state index in [0.29, 0.717) is 22.9 Å². The lowest BCUT2D eigenvalue weighted by molar-refractivity contribution is 0.102. The van der Waals surface area contributed by atoms with Crippen LogP contribution in [0.15, 0.2) is 29.1 Å². The SMILES string of the molecule is COc1cc(OC)c(NC(=O)c2ccc(=O)[nH]n2)c(OC)c1. The number of carbonyl (C=O) groups excluding carboxylic acids is 1. The van der Waals surface area contributed by atoms with Gasteiger partial charge in [0.15, 0.2) is 0 Å². The van der Waals surface area contributed by atoms with E-state index in [1.807, 2.05) is 0 Å². The summed E-state index contributed by atoms with van der Waals surface area (Å²) >= 11 is 0. The molecular formula is C14H15N3O5. The van der Waals surface area contributed by atoms with Crippen LogP contribution in [0.1, 0.15) is 10.5 Å². The summed E-state index contributed by atoms with van der Waals surface area (Å²) in [7, 11) is 4.43. The van der Waals surface area contributed by atoms with Crippen LogP contribution >= 0.6 is 0 Å². The van der Waals surface area contributed by atoms with Gasteiger partial charge in [0.05, 0.1) is 21.3 Å². The zero-order valence-electron chi connectivity index (χ0n) is 12.3. The van der Waals surface area contributed by atoms with E-state index in [1.165, 1.54) is 33.5 Å². The molecule has 0 saturated heterocycles. The van der Waals surface area contributed by atoms with Crippen molar-refractivity contribution in [3.8, 4) is 17.2 Å². The average Bonchev–Trinajstić information content (AvgIpc) is 2.55. The monoisotopic (exact) mass is 305 g/mol. The molecule has 0 unspecified atom stereocenters. The molecule has 8 heteroatoms. The first-order valence-corrected chi connectivity index (χ1v) is 6.26. The molecule has 0 spiro atoms. The normalized spacial score (nSPS) is 9.95. The topological polar surface area (TPSA) is 103 Å². The number of H-pyrrole nitrogens is 1. The molecule has 0 radical (unpaired) electrons. The van der Waals surface area contributed by atoms with Crippen LogP contribution in [0, 0.1) is 0 Å². The second kappa shape index (κ2) is 6.61. The van der Waals surface area contributed by atoms with Crippen molar-refractivity contribution in [1.82, 2.24) is 10.2 Å². The number of rotatable bonds is 5. The largest absolute Gasteiger partial charge is 0.496 e. The molecule has 0 aliphatic carbocycles. The number of hydrogen-bond acceptors (Lipinski definition) is 6. The summed E-state index contributed by atoms with van der Waals surface area (Å²) < 4.78 is 15.6. The van der Waals surface area contributed by atoms with Crippen LogP contribution < -0.4 is 25.1 Å². The van der Waals surface area contributed by atoms with Gasteiger partial charge in [0.25, 0.3) is 11.5 Å². The minimum atomic E-state index is -0.516. The van der Waals surface area contributed by atoms with Crippen LogP contribution in [-0.2, 0) is 0 Å². The van der Waals surface area contributed by atoms with Gasteiger partial charge in [-0.3, -0.25) is 9.59 Å². The summed E-state index contributed by atoms with van der Waals surface area (Å²) in [5.74, 6) is 0.745. The molecule has 2 rings (SSSR count). The highest BCUT2D eigenvalue weighted by atomic mass is 16.5.